The van der Waals surface area contributed by atoms with Gasteiger partial charge in [0.1, 0.15) is 0 Å². The summed E-state index contributed by atoms with van der Waals surface area (Å²) in [6.07, 6.45) is 1.39. The topological polar surface area (TPSA) is 114 Å². The van der Waals surface area contributed by atoms with Crippen LogP contribution >= 0.6 is 0 Å². The molecule has 0 aliphatic carbocycles. The van der Waals surface area contributed by atoms with Crippen LogP contribution in [-0.4, -0.2) is 17.8 Å². The van der Waals surface area contributed by atoms with Gasteiger partial charge in [-0.25, -0.2) is 0 Å². The molecule has 0 aromatic heterocycles. The molecule has 3 saturated heterocycles. The van der Waals surface area contributed by atoms with Crippen LogP contribution in [0.2, 0.25) is 0 Å². The van der Waals surface area contributed by atoms with Gasteiger partial charge in [-0.05, 0) is 12.0 Å². The van der Waals surface area contributed by atoms with E-state index < -0.39 is 28.6 Å². The molecule has 6 heteroatoms. The average molecular weight is 348 g/mol. The molecular formula is C20H20N4O2. The number of nitrogens with one attached hydrogen (secondary N) is 1. The number of fused-ring (bicyclic) bond motifs is 3. The molecule has 0 amide bonds. The average Bonchev–Trinajstić information content (AvgIpc) is 2.65. The summed E-state index contributed by atoms with van der Waals surface area (Å²) in [5, 5.41) is 38.8. The fourth-order valence-electron chi connectivity index (χ4n) is 4.41. The molecule has 1 aromatic carbocycles. The first-order valence-electron chi connectivity index (χ1n) is 8.70. The third-order valence-electron chi connectivity index (χ3n) is 5.58. The van der Waals surface area contributed by atoms with Crippen LogP contribution in [0, 0.1) is 50.2 Å². The molecule has 3 aliphatic heterocycles. The summed E-state index contributed by atoms with van der Waals surface area (Å²) in [5.41, 5.74) is -2.85. The third kappa shape index (κ3) is 2.02. The first kappa shape index (κ1) is 17.9. The fraction of sp³-hybridized carbons (Fsp3) is 0.500. The Morgan fingerprint density at radius 3 is 2.31 bits per heavy atom. The number of benzene rings is 1. The molecule has 0 saturated carbocycles. The van der Waals surface area contributed by atoms with Crippen molar-refractivity contribution >= 4 is 5.90 Å². The molecule has 3 aliphatic rings. The van der Waals surface area contributed by atoms with Gasteiger partial charge >= 0.3 is 0 Å². The van der Waals surface area contributed by atoms with Crippen LogP contribution in [0.15, 0.2) is 30.3 Å². The molecular weight excluding hydrogens is 328 g/mol. The number of ether oxygens (including phenoxy) is 2. The summed E-state index contributed by atoms with van der Waals surface area (Å²) >= 11 is 0. The Bertz CT molecular complexity index is 833. The van der Waals surface area contributed by atoms with Crippen LogP contribution in [0.25, 0.3) is 0 Å². The Hall–Kier alpha value is -2.88. The maximum Gasteiger partial charge on any atom is 0.219 e. The molecule has 26 heavy (non-hydrogen) atoms. The lowest BCUT2D eigenvalue weighted by Crippen LogP contribution is -2.73. The van der Waals surface area contributed by atoms with Crippen LogP contribution in [0.4, 0.5) is 0 Å². The second-order valence-corrected chi connectivity index (χ2v) is 6.99. The minimum Gasteiger partial charge on any atom is -0.447 e. The molecule has 1 N–H and O–H groups in total. The van der Waals surface area contributed by atoms with Crippen molar-refractivity contribution in [2.24, 2.45) is 10.8 Å². The summed E-state index contributed by atoms with van der Waals surface area (Å²) in [5.74, 6) is -2.51. The first-order chi connectivity index (χ1) is 12.5. The summed E-state index contributed by atoms with van der Waals surface area (Å²) in [6.45, 7) is 3.67. The van der Waals surface area contributed by atoms with Gasteiger partial charge in [0.05, 0.1) is 30.2 Å². The lowest BCUT2D eigenvalue weighted by Gasteiger charge is -2.61. The minimum atomic E-state index is -1.77. The van der Waals surface area contributed by atoms with Gasteiger partial charge in [-0.1, -0.05) is 50.1 Å². The van der Waals surface area contributed by atoms with E-state index in [1.807, 2.05) is 13.0 Å². The van der Waals surface area contributed by atoms with Crippen molar-refractivity contribution in [2.45, 2.75) is 50.9 Å². The van der Waals surface area contributed by atoms with Gasteiger partial charge in [0.2, 0.25) is 11.7 Å². The molecule has 6 nitrogen and oxygen atoms in total. The molecule has 2 bridgehead atoms. The molecule has 132 valence electrons. The van der Waals surface area contributed by atoms with Crippen LogP contribution < -0.4 is 0 Å². The predicted octanol–water partition coefficient (Wildman–Crippen LogP) is 3.63. The first-order valence-corrected chi connectivity index (χ1v) is 8.70. The van der Waals surface area contributed by atoms with E-state index in [2.05, 4.69) is 18.2 Å². The Labute approximate surface area is 153 Å². The maximum absolute atomic E-state index is 10.1. The molecule has 4 atom stereocenters. The fourth-order valence-corrected chi connectivity index (χ4v) is 4.41. The highest BCUT2D eigenvalue weighted by Gasteiger charge is 2.78. The zero-order chi connectivity index (χ0) is 19.0. The highest BCUT2D eigenvalue weighted by Crippen LogP contribution is 2.65. The molecule has 3 fully saturated rings. The van der Waals surface area contributed by atoms with E-state index in [0.29, 0.717) is 12.0 Å². The van der Waals surface area contributed by atoms with Crippen molar-refractivity contribution in [3.05, 3.63) is 35.9 Å². The number of unbranched alkanes of at least 4 members (excludes halogenated alkanes) is 1. The van der Waals surface area contributed by atoms with Gasteiger partial charge in [0, 0.05) is 6.92 Å². The summed E-state index contributed by atoms with van der Waals surface area (Å²) < 4.78 is 11.9. The highest BCUT2D eigenvalue weighted by molar-refractivity contribution is 5.89. The number of nitrogens with zero attached hydrogens (tertiary/aromatic N) is 3. The van der Waals surface area contributed by atoms with Crippen molar-refractivity contribution < 1.29 is 9.47 Å². The van der Waals surface area contributed by atoms with Gasteiger partial charge in [0.25, 0.3) is 0 Å². The number of rotatable bonds is 4. The lowest BCUT2D eigenvalue weighted by atomic mass is 9.49. The van der Waals surface area contributed by atoms with E-state index in [4.69, 9.17) is 14.9 Å². The third-order valence-corrected chi connectivity index (χ3v) is 5.58. The second kappa shape index (κ2) is 6.13. The molecule has 0 radical (unpaired) electrons. The van der Waals surface area contributed by atoms with Crippen molar-refractivity contribution in [1.82, 2.24) is 0 Å². The Morgan fingerprint density at radius 1 is 1.12 bits per heavy atom. The van der Waals surface area contributed by atoms with Crippen molar-refractivity contribution in [3.8, 4) is 18.2 Å². The van der Waals surface area contributed by atoms with Crippen LogP contribution in [-0.2, 0) is 9.47 Å². The number of nitriles is 3. The van der Waals surface area contributed by atoms with Crippen LogP contribution in [0.3, 0.4) is 0 Å². The molecule has 1 aromatic rings. The molecule has 0 unspecified atom stereocenters. The molecule has 4 rings (SSSR count). The Kier molecular flexibility index (Phi) is 4.23. The van der Waals surface area contributed by atoms with E-state index in [-0.39, 0.29) is 5.90 Å². The van der Waals surface area contributed by atoms with E-state index in [1.54, 1.807) is 31.2 Å². The Morgan fingerprint density at radius 2 is 1.77 bits per heavy atom. The van der Waals surface area contributed by atoms with E-state index in [0.717, 1.165) is 12.8 Å². The SMILES string of the molecule is CCCC[C@H]1O[C@]2(C)OC(=N)[C@]1(C#N)C(C#N)(C#N)[C@H]2c1ccccc1. The van der Waals surface area contributed by atoms with Crippen LogP contribution in [0.1, 0.15) is 44.6 Å². The second-order valence-electron chi connectivity index (χ2n) is 6.99. The zero-order valence-corrected chi connectivity index (χ0v) is 14.8. The number of hydrogen-bond acceptors (Lipinski definition) is 6. The minimum absolute atomic E-state index is 0.342. The maximum atomic E-state index is 10.1. The van der Waals surface area contributed by atoms with Gasteiger partial charge in [0.15, 0.2) is 10.8 Å². The predicted molar refractivity (Wildman–Crippen MR) is 92.5 cm³/mol. The Balaban J connectivity index is 2.29. The van der Waals surface area contributed by atoms with E-state index >= 15 is 0 Å². The van der Waals surface area contributed by atoms with Gasteiger partial charge < -0.3 is 9.47 Å². The summed E-state index contributed by atoms with van der Waals surface area (Å²) in [7, 11) is 0. The monoisotopic (exact) mass is 348 g/mol. The van der Waals surface area contributed by atoms with Crippen molar-refractivity contribution in [2.75, 3.05) is 0 Å². The normalized spacial score (nSPS) is 34.2. The molecule has 3 heterocycles. The van der Waals surface area contributed by atoms with Crippen molar-refractivity contribution in [1.29, 1.82) is 21.2 Å². The highest BCUT2D eigenvalue weighted by atomic mass is 16.7. The number of hydrogen-bond donors (Lipinski definition) is 1. The van der Waals surface area contributed by atoms with Gasteiger partial charge in [-0.15, -0.1) is 0 Å². The summed E-state index contributed by atoms with van der Waals surface area (Å²) in [4.78, 5) is 0. The quantitative estimate of drug-likeness (QED) is 0.892. The summed E-state index contributed by atoms with van der Waals surface area (Å²) in [6, 6.07) is 15.4. The lowest BCUT2D eigenvalue weighted by molar-refractivity contribution is -0.320. The largest absolute Gasteiger partial charge is 0.447 e. The van der Waals surface area contributed by atoms with E-state index in [1.165, 1.54) is 0 Å². The van der Waals surface area contributed by atoms with Gasteiger partial charge in [-0.2, -0.15) is 15.8 Å². The van der Waals surface area contributed by atoms with Crippen LogP contribution in [0.5, 0.6) is 0 Å². The van der Waals surface area contributed by atoms with Gasteiger partial charge in [-0.3, -0.25) is 5.41 Å². The smallest absolute Gasteiger partial charge is 0.219 e. The van der Waals surface area contributed by atoms with E-state index in [9.17, 15) is 15.8 Å². The van der Waals surface area contributed by atoms with Crippen molar-refractivity contribution in [3.63, 3.8) is 0 Å². The molecule has 0 spiro atoms. The standard InChI is InChI=1S/C20H20N4O2/c1-3-4-10-15-20(13-23)17(24)26-18(2,25-15)16(19(20,11-21)12-22)14-8-6-5-7-9-14/h5-9,15-16,24H,3-4,10H2,1-2H3/t15-,16+,18-,20-/m1/s1. The zero-order valence-electron chi connectivity index (χ0n) is 14.8.